The van der Waals surface area contributed by atoms with Crippen LogP contribution in [0.25, 0.3) is 0 Å². The summed E-state index contributed by atoms with van der Waals surface area (Å²) in [4.78, 5) is 2.34. The summed E-state index contributed by atoms with van der Waals surface area (Å²) in [6.07, 6.45) is 2.41. The normalized spacial score (nSPS) is 25.9. The van der Waals surface area contributed by atoms with Crippen LogP contribution in [-0.4, -0.2) is 22.8 Å². The molecule has 4 heteroatoms. The van der Waals surface area contributed by atoms with Gasteiger partial charge in [-0.2, -0.15) is 0 Å². The predicted octanol–water partition coefficient (Wildman–Crippen LogP) is 2.75. The molecule has 0 saturated carbocycles. The zero-order valence-corrected chi connectivity index (χ0v) is 9.91. The highest BCUT2D eigenvalue weighted by Gasteiger charge is 2.29. The number of aromatic nitrogens is 2. The molecule has 0 aromatic carbocycles. The quantitative estimate of drug-likeness (QED) is 0.775. The third-order valence-corrected chi connectivity index (χ3v) is 3.21. The van der Waals surface area contributed by atoms with Crippen molar-refractivity contribution in [1.82, 2.24) is 10.2 Å². The molecule has 0 bridgehead atoms. The third-order valence-electron chi connectivity index (χ3n) is 3.01. The van der Waals surface area contributed by atoms with Gasteiger partial charge in [-0.3, -0.25) is 0 Å². The van der Waals surface area contributed by atoms with E-state index in [0.29, 0.717) is 11.2 Å². The van der Waals surface area contributed by atoms with Crippen LogP contribution in [0.3, 0.4) is 0 Å². The monoisotopic (exact) mass is 225 g/mol. The first-order valence-electron chi connectivity index (χ1n) is 5.46. The number of rotatable bonds is 2. The zero-order valence-electron chi connectivity index (χ0n) is 9.15. The molecule has 3 nitrogen and oxygen atoms in total. The van der Waals surface area contributed by atoms with Crippen LogP contribution in [0.4, 0.5) is 5.82 Å². The zero-order chi connectivity index (χ0) is 10.8. The maximum atomic E-state index is 5.73. The fraction of sp³-hybridized carbons (Fsp3) is 0.636. The molecule has 0 aliphatic carbocycles. The van der Waals surface area contributed by atoms with Crippen LogP contribution in [-0.2, 0) is 0 Å². The van der Waals surface area contributed by atoms with E-state index >= 15 is 0 Å². The topological polar surface area (TPSA) is 29.0 Å². The first kappa shape index (κ1) is 10.7. The van der Waals surface area contributed by atoms with E-state index in [-0.39, 0.29) is 0 Å². The fourth-order valence-corrected chi connectivity index (χ4v) is 2.38. The maximum Gasteiger partial charge on any atom is 0.151 e. The van der Waals surface area contributed by atoms with E-state index < -0.39 is 0 Å². The average molecular weight is 226 g/mol. The van der Waals surface area contributed by atoms with Crippen molar-refractivity contribution in [2.45, 2.75) is 32.7 Å². The molecular weight excluding hydrogens is 210 g/mol. The average Bonchev–Trinajstić information content (AvgIpc) is 2.61. The molecule has 0 amide bonds. The van der Waals surface area contributed by atoms with Gasteiger partial charge < -0.3 is 4.90 Å². The van der Waals surface area contributed by atoms with E-state index in [4.69, 9.17) is 11.6 Å². The molecule has 1 aliphatic heterocycles. The second kappa shape index (κ2) is 4.35. The summed E-state index contributed by atoms with van der Waals surface area (Å²) < 4.78 is 0. The highest BCUT2D eigenvalue weighted by atomic mass is 35.5. The molecule has 1 aromatic rings. The fourth-order valence-electron chi connectivity index (χ4n) is 2.28. The third kappa shape index (κ3) is 2.23. The number of halogens is 1. The van der Waals surface area contributed by atoms with Crippen LogP contribution in [0.1, 0.15) is 26.7 Å². The lowest BCUT2D eigenvalue weighted by Crippen LogP contribution is -2.29. The Morgan fingerprint density at radius 3 is 2.87 bits per heavy atom. The molecule has 0 spiro atoms. The standard InChI is InChI=1S/C11H16ClN3/c1-3-9-6-8(2)7-15(9)11-5-4-10(12)13-14-11/h4-5,8-9H,3,6-7H2,1-2H3. The summed E-state index contributed by atoms with van der Waals surface area (Å²) in [6, 6.07) is 4.37. The Hall–Kier alpha value is -0.830. The Morgan fingerprint density at radius 1 is 1.47 bits per heavy atom. The molecule has 15 heavy (non-hydrogen) atoms. The summed E-state index contributed by atoms with van der Waals surface area (Å²) in [7, 11) is 0. The van der Waals surface area contributed by atoms with Crippen molar-refractivity contribution in [2.75, 3.05) is 11.4 Å². The molecule has 1 aliphatic rings. The number of hydrogen-bond donors (Lipinski definition) is 0. The van der Waals surface area contributed by atoms with Gasteiger partial charge in [0.15, 0.2) is 11.0 Å². The van der Waals surface area contributed by atoms with E-state index in [1.807, 2.05) is 6.07 Å². The highest BCUT2D eigenvalue weighted by molar-refractivity contribution is 6.29. The Kier molecular flexibility index (Phi) is 3.10. The summed E-state index contributed by atoms with van der Waals surface area (Å²) >= 11 is 5.73. The van der Waals surface area contributed by atoms with Crippen LogP contribution in [0.15, 0.2) is 12.1 Å². The van der Waals surface area contributed by atoms with Crippen molar-refractivity contribution in [3.05, 3.63) is 17.3 Å². The molecular formula is C11H16ClN3. The van der Waals surface area contributed by atoms with Crippen LogP contribution in [0.5, 0.6) is 0 Å². The van der Waals surface area contributed by atoms with Gasteiger partial charge in [0, 0.05) is 12.6 Å². The molecule has 0 N–H and O–H groups in total. The SMILES string of the molecule is CCC1CC(C)CN1c1ccc(Cl)nn1. The van der Waals surface area contributed by atoms with Crippen LogP contribution >= 0.6 is 11.6 Å². The van der Waals surface area contributed by atoms with Gasteiger partial charge in [-0.05, 0) is 30.9 Å². The second-order valence-corrected chi connectivity index (χ2v) is 4.66. The van der Waals surface area contributed by atoms with E-state index in [0.717, 1.165) is 24.7 Å². The maximum absolute atomic E-state index is 5.73. The number of nitrogens with zero attached hydrogens (tertiary/aromatic N) is 3. The number of hydrogen-bond acceptors (Lipinski definition) is 3. The van der Waals surface area contributed by atoms with Crippen molar-refractivity contribution >= 4 is 17.4 Å². The van der Waals surface area contributed by atoms with Gasteiger partial charge >= 0.3 is 0 Å². The Morgan fingerprint density at radius 2 is 2.27 bits per heavy atom. The molecule has 1 saturated heterocycles. The van der Waals surface area contributed by atoms with E-state index in [9.17, 15) is 0 Å². The first-order valence-corrected chi connectivity index (χ1v) is 5.84. The van der Waals surface area contributed by atoms with Crippen molar-refractivity contribution in [3.8, 4) is 0 Å². The predicted molar refractivity (Wildman–Crippen MR) is 62.2 cm³/mol. The van der Waals surface area contributed by atoms with Gasteiger partial charge in [-0.15, -0.1) is 10.2 Å². The van der Waals surface area contributed by atoms with E-state index in [1.54, 1.807) is 6.07 Å². The van der Waals surface area contributed by atoms with Crippen LogP contribution in [0, 0.1) is 5.92 Å². The van der Waals surface area contributed by atoms with Crippen LogP contribution < -0.4 is 4.90 Å². The molecule has 2 heterocycles. The minimum absolute atomic E-state index is 0.457. The smallest absolute Gasteiger partial charge is 0.151 e. The molecule has 0 radical (unpaired) electrons. The second-order valence-electron chi connectivity index (χ2n) is 4.27. The minimum Gasteiger partial charge on any atom is -0.352 e. The molecule has 1 aromatic heterocycles. The Labute approximate surface area is 95.5 Å². The lowest BCUT2D eigenvalue weighted by atomic mass is 10.1. The Bertz CT molecular complexity index is 325. The van der Waals surface area contributed by atoms with Gasteiger partial charge in [-0.25, -0.2) is 0 Å². The van der Waals surface area contributed by atoms with Gasteiger partial charge in [-0.1, -0.05) is 25.4 Å². The summed E-state index contributed by atoms with van der Waals surface area (Å²) in [5.74, 6) is 1.70. The van der Waals surface area contributed by atoms with Crippen LogP contribution in [0.2, 0.25) is 5.15 Å². The molecule has 82 valence electrons. The lowest BCUT2D eigenvalue weighted by Gasteiger charge is -2.23. The Balaban J connectivity index is 2.19. The van der Waals surface area contributed by atoms with Gasteiger partial charge in [0.1, 0.15) is 0 Å². The number of anilines is 1. The molecule has 2 unspecified atom stereocenters. The lowest BCUT2D eigenvalue weighted by molar-refractivity contribution is 0.586. The van der Waals surface area contributed by atoms with Gasteiger partial charge in [0.25, 0.3) is 0 Å². The molecule has 1 fully saturated rings. The summed E-state index contributed by atoms with van der Waals surface area (Å²) in [5.41, 5.74) is 0. The summed E-state index contributed by atoms with van der Waals surface area (Å²) in [5, 5.41) is 8.49. The highest BCUT2D eigenvalue weighted by Crippen LogP contribution is 2.29. The van der Waals surface area contributed by atoms with E-state index in [2.05, 4.69) is 28.9 Å². The molecule has 2 atom stereocenters. The van der Waals surface area contributed by atoms with Crippen molar-refractivity contribution in [2.24, 2.45) is 5.92 Å². The van der Waals surface area contributed by atoms with Gasteiger partial charge in [0.2, 0.25) is 0 Å². The van der Waals surface area contributed by atoms with E-state index in [1.165, 1.54) is 6.42 Å². The van der Waals surface area contributed by atoms with Crippen molar-refractivity contribution in [1.29, 1.82) is 0 Å². The van der Waals surface area contributed by atoms with Crippen molar-refractivity contribution < 1.29 is 0 Å². The minimum atomic E-state index is 0.457. The molecule has 2 rings (SSSR count). The van der Waals surface area contributed by atoms with Crippen molar-refractivity contribution in [3.63, 3.8) is 0 Å². The summed E-state index contributed by atoms with van der Waals surface area (Å²) in [6.45, 7) is 5.58. The first-order chi connectivity index (χ1) is 7.20. The van der Waals surface area contributed by atoms with Gasteiger partial charge in [0.05, 0.1) is 0 Å². The largest absolute Gasteiger partial charge is 0.352 e.